The van der Waals surface area contributed by atoms with Crippen molar-refractivity contribution in [2.45, 2.75) is 65.3 Å². The van der Waals surface area contributed by atoms with Gasteiger partial charge in [0, 0.05) is 18.7 Å². The number of nitrogens with one attached hydrogen (secondary N) is 1. The van der Waals surface area contributed by atoms with E-state index in [2.05, 4.69) is 106 Å². The number of carboxylic acids is 1. The van der Waals surface area contributed by atoms with Crippen LogP contribution in [-0.2, 0) is 11.2 Å². The lowest BCUT2D eigenvalue weighted by Crippen LogP contribution is -2.37. The first-order valence-corrected chi connectivity index (χ1v) is 15.7. The summed E-state index contributed by atoms with van der Waals surface area (Å²) in [5.74, 6) is 0.890. The number of carboxylic acid groups (broad SMARTS) is 1. The minimum absolute atomic E-state index is 0.0524. The van der Waals surface area contributed by atoms with Gasteiger partial charge in [0.05, 0.1) is 21.4 Å². The highest BCUT2D eigenvalue weighted by Gasteiger charge is 2.23. The molecule has 5 nitrogen and oxygen atoms in total. The van der Waals surface area contributed by atoms with E-state index in [1.165, 1.54) is 54.6 Å². The Hall–Kier alpha value is -2.19. The smallest absolute Gasteiger partial charge is 0.307 e. The molecule has 1 heterocycles. The summed E-state index contributed by atoms with van der Waals surface area (Å²) in [7, 11) is 0. The summed E-state index contributed by atoms with van der Waals surface area (Å²) < 4.78 is 8.13. The lowest BCUT2D eigenvalue weighted by molar-refractivity contribution is -0.136. The van der Waals surface area contributed by atoms with Gasteiger partial charge in [-0.25, -0.2) is 0 Å². The summed E-state index contributed by atoms with van der Waals surface area (Å²) in [6.07, 6.45) is 3.84. The highest BCUT2D eigenvalue weighted by molar-refractivity contribution is 9.11. The van der Waals surface area contributed by atoms with E-state index in [-0.39, 0.29) is 12.5 Å². The van der Waals surface area contributed by atoms with Crippen molar-refractivity contribution < 1.29 is 14.6 Å². The van der Waals surface area contributed by atoms with Gasteiger partial charge in [-0.1, -0.05) is 56.2 Å². The van der Waals surface area contributed by atoms with Crippen LogP contribution in [0.4, 0.5) is 0 Å². The van der Waals surface area contributed by atoms with Crippen LogP contribution in [0.1, 0.15) is 78.5 Å². The monoisotopic (exact) mass is 670 g/mol. The molecule has 0 spiro atoms. The molecule has 1 unspecified atom stereocenters. The van der Waals surface area contributed by atoms with E-state index in [9.17, 15) is 9.90 Å². The van der Waals surface area contributed by atoms with Gasteiger partial charge in [0.2, 0.25) is 0 Å². The second kappa shape index (κ2) is 14.1. The fourth-order valence-corrected chi connectivity index (χ4v) is 7.01. The number of ether oxygens (including phenoxy) is 1. The molecule has 0 radical (unpaired) electrons. The van der Waals surface area contributed by atoms with Gasteiger partial charge in [-0.05, 0) is 118 Å². The third-order valence-electron chi connectivity index (χ3n) is 7.56. The molecular formula is C33H40Br2N2O3. The summed E-state index contributed by atoms with van der Waals surface area (Å²) in [6, 6.07) is 16.7. The largest absolute Gasteiger partial charge is 0.481 e. The summed E-state index contributed by atoms with van der Waals surface area (Å²) in [4.78, 5) is 13.9. The van der Waals surface area contributed by atoms with Gasteiger partial charge in [-0.3, -0.25) is 4.79 Å². The quantitative estimate of drug-likeness (QED) is 0.214. The molecule has 40 heavy (non-hydrogen) atoms. The highest BCUT2D eigenvalue weighted by Crippen LogP contribution is 2.42. The molecule has 1 fully saturated rings. The Balaban J connectivity index is 1.75. The fraction of sp³-hybridized carbons (Fsp3) is 0.424. The molecule has 0 saturated carbocycles. The van der Waals surface area contributed by atoms with Gasteiger partial charge in [0.15, 0.2) is 5.75 Å². The zero-order valence-corrected chi connectivity index (χ0v) is 27.1. The molecule has 0 aliphatic carbocycles. The van der Waals surface area contributed by atoms with Gasteiger partial charge in [0.25, 0.3) is 0 Å². The van der Waals surface area contributed by atoms with Crippen molar-refractivity contribution in [1.82, 2.24) is 10.2 Å². The van der Waals surface area contributed by atoms with Gasteiger partial charge < -0.3 is 20.1 Å². The number of hydrogen-bond donors (Lipinski definition) is 2. The summed E-state index contributed by atoms with van der Waals surface area (Å²) >= 11 is 7.28. The molecule has 214 valence electrons. The summed E-state index contributed by atoms with van der Waals surface area (Å²) in [5.41, 5.74) is 6.68. The average molecular weight is 673 g/mol. The van der Waals surface area contributed by atoms with Crippen molar-refractivity contribution in [3.63, 3.8) is 0 Å². The molecule has 1 atom stereocenters. The third kappa shape index (κ3) is 7.96. The van der Waals surface area contributed by atoms with E-state index in [1.807, 2.05) is 12.1 Å². The van der Waals surface area contributed by atoms with E-state index in [4.69, 9.17) is 4.74 Å². The minimum Gasteiger partial charge on any atom is -0.481 e. The molecule has 4 rings (SSSR count). The SMILES string of the molecule is Cc1cccc(C(NCCN2CCCCC2)c2cc(C)c(C(C)C)cc2Oc2c(Br)cc(CC(=O)O)cc2Br)c1. The Kier molecular flexibility index (Phi) is 10.9. The number of rotatable bonds is 11. The first kappa shape index (κ1) is 30.8. The number of halogens is 2. The van der Waals surface area contributed by atoms with Crippen molar-refractivity contribution >= 4 is 37.8 Å². The molecule has 3 aromatic carbocycles. The van der Waals surface area contributed by atoms with Crippen LogP contribution >= 0.6 is 31.9 Å². The topological polar surface area (TPSA) is 61.8 Å². The van der Waals surface area contributed by atoms with Crippen molar-refractivity contribution in [2.75, 3.05) is 26.2 Å². The Morgan fingerprint density at radius 1 is 1.00 bits per heavy atom. The van der Waals surface area contributed by atoms with Crippen LogP contribution in [0.25, 0.3) is 0 Å². The maximum Gasteiger partial charge on any atom is 0.307 e. The first-order valence-electron chi connectivity index (χ1n) is 14.2. The van der Waals surface area contributed by atoms with Crippen LogP contribution in [0.15, 0.2) is 57.5 Å². The van der Waals surface area contributed by atoms with Gasteiger partial charge in [-0.15, -0.1) is 0 Å². The lowest BCUT2D eigenvalue weighted by Gasteiger charge is -2.29. The number of aliphatic carboxylic acids is 1. The maximum absolute atomic E-state index is 11.3. The van der Waals surface area contributed by atoms with Crippen molar-refractivity contribution in [2.24, 2.45) is 0 Å². The zero-order chi connectivity index (χ0) is 28.8. The van der Waals surface area contributed by atoms with Gasteiger partial charge in [-0.2, -0.15) is 0 Å². The number of hydrogen-bond acceptors (Lipinski definition) is 4. The van der Waals surface area contributed by atoms with Crippen LogP contribution in [0.3, 0.4) is 0 Å². The molecular weight excluding hydrogens is 632 g/mol. The molecule has 3 aromatic rings. The van der Waals surface area contributed by atoms with Crippen LogP contribution in [0.2, 0.25) is 0 Å². The van der Waals surface area contributed by atoms with Crippen LogP contribution in [0, 0.1) is 13.8 Å². The standard InChI is InChI=1S/C33H40Br2N2O3/c1-21(2)26-20-30(40-33-28(34)17-24(18-29(33)35)19-31(38)39)27(16-23(26)4)32(25-10-8-9-22(3)15-25)36-11-14-37-12-6-5-7-13-37/h8-10,15-18,20-21,32,36H,5-7,11-14,19H2,1-4H3,(H,38,39). The van der Waals surface area contributed by atoms with E-state index in [0.717, 1.165) is 24.4 Å². The predicted octanol–water partition coefficient (Wildman–Crippen LogP) is 8.54. The molecule has 1 aliphatic rings. The summed E-state index contributed by atoms with van der Waals surface area (Å²) in [6.45, 7) is 13.0. The van der Waals surface area contributed by atoms with E-state index in [1.54, 1.807) is 0 Å². The average Bonchev–Trinajstić information content (AvgIpc) is 2.89. The predicted molar refractivity (Wildman–Crippen MR) is 170 cm³/mol. The Labute approximate surface area is 255 Å². The summed E-state index contributed by atoms with van der Waals surface area (Å²) in [5, 5.41) is 13.1. The van der Waals surface area contributed by atoms with Crippen LogP contribution in [-0.4, -0.2) is 42.2 Å². The number of aryl methyl sites for hydroxylation is 2. The zero-order valence-electron chi connectivity index (χ0n) is 23.9. The van der Waals surface area contributed by atoms with E-state index >= 15 is 0 Å². The molecule has 7 heteroatoms. The Morgan fingerprint density at radius 2 is 1.70 bits per heavy atom. The Morgan fingerprint density at radius 3 is 2.33 bits per heavy atom. The van der Waals surface area contributed by atoms with Crippen LogP contribution in [0.5, 0.6) is 11.5 Å². The molecule has 0 bridgehead atoms. The Bertz CT molecular complexity index is 1310. The van der Waals surface area contributed by atoms with Crippen molar-refractivity contribution in [3.05, 3.63) is 90.9 Å². The number of likely N-dealkylation sites (tertiary alicyclic amines) is 1. The second-order valence-electron chi connectivity index (χ2n) is 11.2. The van der Waals surface area contributed by atoms with E-state index in [0.29, 0.717) is 26.2 Å². The van der Waals surface area contributed by atoms with E-state index < -0.39 is 5.97 Å². The number of benzene rings is 3. The van der Waals surface area contributed by atoms with Crippen molar-refractivity contribution in [1.29, 1.82) is 0 Å². The number of carbonyl (C=O) groups is 1. The molecule has 1 saturated heterocycles. The highest BCUT2D eigenvalue weighted by atomic mass is 79.9. The minimum atomic E-state index is -0.869. The lowest BCUT2D eigenvalue weighted by atomic mass is 9.90. The second-order valence-corrected chi connectivity index (χ2v) is 12.9. The fourth-order valence-electron chi connectivity index (χ4n) is 5.57. The van der Waals surface area contributed by atoms with Gasteiger partial charge in [0.1, 0.15) is 5.75 Å². The maximum atomic E-state index is 11.3. The molecule has 1 aliphatic heterocycles. The van der Waals surface area contributed by atoms with Crippen LogP contribution < -0.4 is 10.1 Å². The normalized spacial score (nSPS) is 14.9. The third-order valence-corrected chi connectivity index (χ3v) is 8.74. The molecule has 0 aromatic heterocycles. The number of piperidine rings is 1. The molecule has 0 amide bonds. The van der Waals surface area contributed by atoms with Crippen molar-refractivity contribution in [3.8, 4) is 11.5 Å². The molecule has 2 N–H and O–H groups in total. The number of nitrogens with zero attached hydrogens (tertiary/aromatic N) is 1. The van der Waals surface area contributed by atoms with Gasteiger partial charge >= 0.3 is 5.97 Å². The first-order chi connectivity index (χ1) is 19.1.